The lowest BCUT2D eigenvalue weighted by Crippen LogP contribution is -2.28. The van der Waals surface area contributed by atoms with E-state index in [1.54, 1.807) is 0 Å². The molecule has 1 rings (SSSR count). The Morgan fingerprint density at radius 1 is 1.10 bits per heavy atom. The predicted molar refractivity (Wildman–Crippen MR) is 83.3 cm³/mol. The first-order valence-corrected chi connectivity index (χ1v) is 7.48. The van der Waals surface area contributed by atoms with Crippen LogP contribution in [0.5, 0.6) is 0 Å². The molecule has 0 bridgehead atoms. The molecule has 0 atom stereocenters. The van der Waals surface area contributed by atoms with Crippen molar-refractivity contribution in [1.29, 1.82) is 0 Å². The van der Waals surface area contributed by atoms with Crippen molar-refractivity contribution in [1.82, 2.24) is 5.32 Å². The lowest BCUT2D eigenvalue weighted by atomic mass is 10.1. The van der Waals surface area contributed by atoms with E-state index in [1.165, 1.54) is 0 Å². The maximum atomic E-state index is 12.1. The Kier molecular flexibility index (Phi) is 8.47. The van der Waals surface area contributed by atoms with Crippen LogP contribution in [0.3, 0.4) is 0 Å². The number of benzene rings is 1. The molecule has 1 amide bonds. The minimum absolute atomic E-state index is 0.0525. The fraction of sp³-hybridized carbons (Fsp3) is 0.562. The van der Waals surface area contributed by atoms with Crippen molar-refractivity contribution in [3.63, 3.8) is 0 Å². The van der Waals surface area contributed by atoms with Crippen molar-refractivity contribution in [2.45, 2.75) is 33.1 Å². The number of carbonyl (C=O) groups is 1. The molecule has 0 aliphatic heterocycles. The van der Waals surface area contributed by atoms with Gasteiger partial charge in [-0.05, 0) is 25.0 Å². The third-order valence-corrected chi connectivity index (χ3v) is 2.91. The maximum absolute atomic E-state index is 12.1. The molecule has 0 aliphatic carbocycles. The Morgan fingerprint density at radius 3 is 2.65 bits per heavy atom. The van der Waals surface area contributed by atoms with Gasteiger partial charge in [0.2, 0.25) is 0 Å². The normalized spacial score (nSPS) is 10.3. The number of nitrogens with one attached hydrogen (secondary N) is 2. The number of anilines is 1. The van der Waals surface area contributed by atoms with Crippen LogP contribution in [0.2, 0.25) is 0 Å². The van der Waals surface area contributed by atoms with E-state index in [-0.39, 0.29) is 5.91 Å². The average molecular weight is 278 g/mol. The zero-order chi connectivity index (χ0) is 14.6. The average Bonchev–Trinajstić information content (AvgIpc) is 2.48. The van der Waals surface area contributed by atoms with Crippen LogP contribution in [-0.2, 0) is 4.74 Å². The van der Waals surface area contributed by atoms with Crippen molar-refractivity contribution < 1.29 is 9.53 Å². The van der Waals surface area contributed by atoms with Gasteiger partial charge in [0.05, 0.1) is 12.2 Å². The first kappa shape index (κ1) is 16.5. The van der Waals surface area contributed by atoms with E-state index in [2.05, 4.69) is 24.5 Å². The summed E-state index contributed by atoms with van der Waals surface area (Å²) in [6.07, 6.45) is 3.22. The van der Waals surface area contributed by atoms with E-state index in [0.717, 1.165) is 38.1 Å². The minimum Gasteiger partial charge on any atom is -0.384 e. The van der Waals surface area contributed by atoms with Gasteiger partial charge in [-0.25, -0.2) is 0 Å². The van der Waals surface area contributed by atoms with Crippen LogP contribution in [0.1, 0.15) is 43.5 Å². The summed E-state index contributed by atoms with van der Waals surface area (Å²) in [6.45, 7) is 6.97. The molecule has 0 radical (unpaired) electrons. The number of unbranched alkanes of at least 4 members (excludes halogenated alkanes) is 1. The molecule has 4 heteroatoms. The van der Waals surface area contributed by atoms with Gasteiger partial charge >= 0.3 is 0 Å². The molecular weight excluding hydrogens is 252 g/mol. The van der Waals surface area contributed by atoms with Gasteiger partial charge in [0.25, 0.3) is 5.91 Å². The molecule has 0 aromatic heterocycles. The first-order valence-electron chi connectivity index (χ1n) is 7.48. The Bertz CT molecular complexity index is 394. The van der Waals surface area contributed by atoms with Gasteiger partial charge in [-0.15, -0.1) is 0 Å². The highest BCUT2D eigenvalue weighted by Gasteiger charge is 2.09. The van der Waals surface area contributed by atoms with Crippen molar-refractivity contribution in [2.24, 2.45) is 0 Å². The van der Waals surface area contributed by atoms with Crippen molar-refractivity contribution in [3.05, 3.63) is 29.8 Å². The number of carbonyl (C=O) groups excluding carboxylic acids is 1. The van der Waals surface area contributed by atoms with Crippen molar-refractivity contribution >= 4 is 11.6 Å². The highest BCUT2D eigenvalue weighted by molar-refractivity contribution is 5.99. The van der Waals surface area contributed by atoms with Crippen LogP contribution in [0.15, 0.2) is 24.3 Å². The van der Waals surface area contributed by atoms with E-state index < -0.39 is 0 Å². The number of ether oxygens (including phenoxy) is 1. The maximum Gasteiger partial charge on any atom is 0.253 e. The molecule has 0 spiro atoms. The highest BCUT2D eigenvalue weighted by Crippen LogP contribution is 2.14. The Hall–Kier alpha value is -1.55. The minimum atomic E-state index is -0.0525. The zero-order valence-corrected chi connectivity index (χ0v) is 12.6. The van der Waals surface area contributed by atoms with Crippen LogP contribution in [0, 0.1) is 0 Å². The van der Waals surface area contributed by atoms with Gasteiger partial charge in [-0.1, -0.05) is 32.4 Å². The molecule has 112 valence electrons. The molecule has 1 aromatic rings. The Morgan fingerprint density at radius 2 is 1.90 bits per heavy atom. The van der Waals surface area contributed by atoms with Crippen molar-refractivity contribution in [3.8, 4) is 0 Å². The van der Waals surface area contributed by atoms with Gasteiger partial charge in [0.15, 0.2) is 0 Å². The number of hydrogen-bond acceptors (Lipinski definition) is 3. The van der Waals surface area contributed by atoms with Gasteiger partial charge in [-0.3, -0.25) is 4.79 Å². The third kappa shape index (κ3) is 6.06. The van der Waals surface area contributed by atoms with E-state index in [0.29, 0.717) is 18.7 Å². The van der Waals surface area contributed by atoms with Crippen LogP contribution < -0.4 is 10.6 Å². The second-order valence-corrected chi connectivity index (χ2v) is 4.69. The number of rotatable bonds is 10. The summed E-state index contributed by atoms with van der Waals surface area (Å²) < 4.78 is 5.43. The van der Waals surface area contributed by atoms with Gasteiger partial charge in [-0.2, -0.15) is 0 Å². The van der Waals surface area contributed by atoms with Gasteiger partial charge in [0, 0.05) is 25.4 Å². The third-order valence-electron chi connectivity index (χ3n) is 2.91. The van der Waals surface area contributed by atoms with Gasteiger partial charge < -0.3 is 15.4 Å². The van der Waals surface area contributed by atoms with Crippen LogP contribution >= 0.6 is 0 Å². The summed E-state index contributed by atoms with van der Waals surface area (Å²) in [4.78, 5) is 12.1. The summed E-state index contributed by atoms with van der Waals surface area (Å²) in [6, 6.07) is 7.58. The van der Waals surface area contributed by atoms with Crippen molar-refractivity contribution in [2.75, 3.05) is 31.6 Å². The number of para-hydroxylation sites is 1. The highest BCUT2D eigenvalue weighted by atomic mass is 16.5. The van der Waals surface area contributed by atoms with E-state index in [9.17, 15) is 4.79 Å². The summed E-state index contributed by atoms with van der Waals surface area (Å²) in [7, 11) is 0. The second kappa shape index (κ2) is 10.3. The molecule has 4 nitrogen and oxygen atoms in total. The van der Waals surface area contributed by atoms with Gasteiger partial charge in [0.1, 0.15) is 0 Å². The molecule has 0 saturated heterocycles. The smallest absolute Gasteiger partial charge is 0.253 e. The molecule has 1 aromatic carbocycles. The Balaban J connectivity index is 2.38. The molecule has 0 heterocycles. The fourth-order valence-corrected chi connectivity index (χ4v) is 1.78. The summed E-state index contributed by atoms with van der Waals surface area (Å²) in [5, 5.41) is 6.16. The van der Waals surface area contributed by atoms with Crippen LogP contribution in [-0.4, -0.2) is 32.2 Å². The molecule has 2 N–H and O–H groups in total. The monoisotopic (exact) mass is 278 g/mol. The van der Waals surface area contributed by atoms with Crippen LogP contribution in [0.25, 0.3) is 0 Å². The van der Waals surface area contributed by atoms with E-state index >= 15 is 0 Å². The molecule has 0 fully saturated rings. The first-order chi connectivity index (χ1) is 9.79. The van der Waals surface area contributed by atoms with E-state index in [4.69, 9.17) is 4.74 Å². The lowest BCUT2D eigenvalue weighted by Gasteiger charge is -2.11. The second-order valence-electron chi connectivity index (χ2n) is 4.69. The Labute approximate surface area is 121 Å². The lowest BCUT2D eigenvalue weighted by molar-refractivity contribution is 0.0913. The van der Waals surface area contributed by atoms with E-state index in [1.807, 2.05) is 24.3 Å². The number of hydrogen-bond donors (Lipinski definition) is 2. The molecule has 0 aliphatic rings. The van der Waals surface area contributed by atoms with Crippen LogP contribution in [0.4, 0.5) is 5.69 Å². The zero-order valence-electron chi connectivity index (χ0n) is 12.6. The summed E-state index contributed by atoms with van der Waals surface area (Å²) in [5.74, 6) is -0.0525. The number of amides is 1. The predicted octanol–water partition coefficient (Wildman–Crippen LogP) is 3.06. The molecular formula is C16H26N2O2. The quantitative estimate of drug-likeness (QED) is 0.647. The summed E-state index contributed by atoms with van der Waals surface area (Å²) in [5.41, 5.74) is 1.58. The largest absolute Gasteiger partial charge is 0.384 e. The standard InChI is InChI=1S/C16H26N2O2/c1-3-5-12-20-13-11-18-16(19)14-8-6-7-9-15(14)17-10-4-2/h6-9,17H,3-5,10-13H2,1-2H3,(H,18,19). The summed E-state index contributed by atoms with van der Waals surface area (Å²) >= 11 is 0. The SMILES string of the molecule is CCCCOCCNC(=O)c1ccccc1NCCC. The topological polar surface area (TPSA) is 50.4 Å². The molecule has 20 heavy (non-hydrogen) atoms. The fourth-order valence-electron chi connectivity index (χ4n) is 1.78. The molecule has 0 unspecified atom stereocenters. The molecule has 0 saturated carbocycles.